The molecule has 0 aromatic carbocycles. The number of ether oxygens (including phenoxy) is 1. The molecule has 0 spiro atoms. The van der Waals surface area contributed by atoms with Gasteiger partial charge in [-0.25, -0.2) is 0 Å². The normalized spacial score (nSPS) is 25.9. The van der Waals surface area contributed by atoms with E-state index in [9.17, 15) is 4.79 Å². The van der Waals surface area contributed by atoms with Gasteiger partial charge >= 0.3 is 0 Å². The highest BCUT2D eigenvalue weighted by Gasteiger charge is 2.34. The van der Waals surface area contributed by atoms with Crippen molar-refractivity contribution in [3.05, 3.63) is 12.2 Å². The van der Waals surface area contributed by atoms with Gasteiger partial charge in [0.2, 0.25) is 5.91 Å². The minimum atomic E-state index is -0.411. The van der Waals surface area contributed by atoms with Crippen molar-refractivity contribution >= 4 is 15.4 Å². The summed E-state index contributed by atoms with van der Waals surface area (Å²) in [4.78, 5) is 11.7. The average molecular weight is 241 g/mol. The number of carbonyl (C=O) groups is 1. The predicted octanol–water partition coefficient (Wildman–Crippen LogP) is 1.53. The maximum Gasteiger partial charge on any atom is 0.248 e. The Bertz CT molecular complexity index is 260. The first-order valence-corrected chi connectivity index (χ1v) is 7.92. The smallest absolute Gasteiger partial charge is 0.248 e. The Hall–Kier alpha value is -0.613. The van der Waals surface area contributed by atoms with Crippen LogP contribution >= 0.6 is 0 Å². The van der Waals surface area contributed by atoms with Crippen LogP contribution in [0.4, 0.5) is 0 Å². The van der Waals surface area contributed by atoms with Gasteiger partial charge in [-0.3, -0.25) is 4.79 Å². The summed E-state index contributed by atoms with van der Waals surface area (Å²) in [6, 6.07) is 1.22. The molecule has 1 aliphatic heterocycles. The molecule has 4 heteroatoms. The van der Waals surface area contributed by atoms with Crippen molar-refractivity contribution in [3.8, 4) is 0 Å². The maximum absolute atomic E-state index is 11.7. The zero-order valence-electron chi connectivity index (χ0n) is 10.5. The average Bonchev–Trinajstić information content (AvgIpc) is 2.27. The first kappa shape index (κ1) is 13.5. The fraction of sp³-hybridized carbons (Fsp3) is 0.750. The van der Waals surface area contributed by atoms with E-state index >= 15 is 0 Å². The van der Waals surface area contributed by atoms with Crippen LogP contribution in [0.3, 0.4) is 0 Å². The molecule has 0 aromatic heterocycles. The zero-order chi connectivity index (χ0) is 12.0. The summed E-state index contributed by atoms with van der Waals surface area (Å²) in [7, 11) is -0.411. The highest BCUT2D eigenvalue weighted by Crippen LogP contribution is 2.23. The Kier molecular flexibility index (Phi) is 5.22. The summed E-state index contributed by atoms with van der Waals surface area (Å²) in [5.41, 5.74) is 0.569. The summed E-state index contributed by atoms with van der Waals surface area (Å²) in [6.45, 7) is 8.39. The van der Waals surface area contributed by atoms with Crippen LogP contribution in [-0.2, 0) is 9.53 Å². The minimum absolute atomic E-state index is 0.0505. The van der Waals surface area contributed by atoms with E-state index in [1.807, 2.05) is 0 Å². The molecule has 0 aromatic rings. The number of carbonyl (C=O) groups excluding carboxylic acids is 1. The largest absolute Gasteiger partial charge is 0.360 e. The molecule has 0 saturated carbocycles. The van der Waals surface area contributed by atoms with Crippen molar-refractivity contribution in [3.63, 3.8) is 0 Å². The second-order valence-electron chi connectivity index (χ2n) is 4.64. The van der Waals surface area contributed by atoms with Gasteiger partial charge in [-0.2, -0.15) is 0 Å². The second kappa shape index (κ2) is 6.20. The van der Waals surface area contributed by atoms with Gasteiger partial charge in [-0.1, -0.05) is 26.0 Å². The van der Waals surface area contributed by atoms with Gasteiger partial charge < -0.3 is 10.1 Å². The first-order chi connectivity index (χ1) is 7.59. The van der Waals surface area contributed by atoms with Gasteiger partial charge in [0, 0.05) is 12.2 Å². The Morgan fingerprint density at radius 1 is 1.56 bits per heavy atom. The van der Waals surface area contributed by atoms with E-state index in [1.54, 1.807) is 6.92 Å². The number of nitrogens with one attached hydrogen (secondary N) is 1. The van der Waals surface area contributed by atoms with Crippen molar-refractivity contribution in [1.82, 2.24) is 5.32 Å². The SMILES string of the molecule is C=C(C)C(=O)NC1([SiH2]CCC)CCCCO1. The molecular weight excluding hydrogens is 218 g/mol. The molecule has 0 radical (unpaired) electrons. The summed E-state index contributed by atoms with van der Waals surface area (Å²) in [5, 5.41) is 2.78. The van der Waals surface area contributed by atoms with E-state index in [0.717, 1.165) is 25.9 Å². The van der Waals surface area contributed by atoms with Gasteiger partial charge in [0.15, 0.2) is 0 Å². The van der Waals surface area contributed by atoms with Crippen molar-refractivity contribution in [2.75, 3.05) is 6.61 Å². The van der Waals surface area contributed by atoms with E-state index < -0.39 is 9.52 Å². The summed E-state index contributed by atoms with van der Waals surface area (Å²) < 4.78 is 5.88. The minimum Gasteiger partial charge on any atom is -0.360 e. The molecule has 0 bridgehead atoms. The highest BCUT2D eigenvalue weighted by molar-refractivity contribution is 6.40. The molecule has 1 rings (SSSR count). The second-order valence-corrected chi connectivity index (χ2v) is 6.99. The fourth-order valence-corrected chi connectivity index (χ4v) is 3.99. The number of rotatable bonds is 5. The van der Waals surface area contributed by atoms with Crippen LogP contribution in [0.2, 0.25) is 6.04 Å². The molecule has 16 heavy (non-hydrogen) atoms. The molecule has 1 atom stereocenters. The molecule has 1 heterocycles. The van der Waals surface area contributed by atoms with E-state index in [0.29, 0.717) is 5.57 Å². The van der Waals surface area contributed by atoms with Crippen LogP contribution in [0.5, 0.6) is 0 Å². The molecule has 1 unspecified atom stereocenters. The lowest BCUT2D eigenvalue weighted by Crippen LogP contribution is -2.56. The molecule has 3 nitrogen and oxygen atoms in total. The van der Waals surface area contributed by atoms with Crippen LogP contribution in [0, 0.1) is 0 Å². The van der Waals surface area contributed by atoms with Gasteiger partial charge in [-0.05, 0) is 26.2 Å². The van der Waals surface area contributed by atoms with Crippen LogP contribution in [0.1, 0.15) is 39.5 Å². The van der Waals surface area contributed by atoms with E-state index in [2.05, 4.69) is 18.8 Å². The van der Waals surface area contributed by atoms with Crippen molar-refractivity contribution in [2.24, 2.45) is 0 Å². The van der Waals surface area contributed by atoms with Gasteiger partial charge in [0.1, 0.15) is 5.35 Å². The number of amides is 1. The molecule has 1 N–H and O–H groups in total. The van der Waals surface area contributed by atoms with Crippen molar-refractivity contribution in [1.29, 1.82) is 0 Å². The monoisotopic (exact) mass is 241 g/mol. The van der Waals surface area contributed by atoms with Crippen molar-refractivity contribution in [2.45, 2.75) is 50.9 Å². The topological polar surface area (TPSA) is 38.3 Å². The molecule has 92 valence electrons. The van der Waals surface area contributed by atoms with E-state index in [-0.39, 0.29) is 11.3 Å². The lowest BCUT2D eigenvalue weighted by Gasteiger charge is -2.38. The van der Waals surface area contributed by atoms with Crippen LogP contribution in [0.15, 0.2) is 12.2 Å². The Labute approximate surface area is 100 Å². The molecule has 1 saturated heterocycles. The fourth-order valence-electron chi connectivity index (χ4n) is 1.99. The number of hydrogen-bond acceptors (Lipinski definition) is 2. The zero-order valence-corrected chi connectivity index (χ0v) is 11.9. The van der Waals surface area contributed by atoms with Gasteiger partial charge in [-0.15, -0.1) is 0 Å². The van der Waals surface area contributed by atoms with Crippen molar-refractivity contribution < 1.29 is 9.53 Å². The van der Waals surface area contributed by atoms with Gasteiger partial charge in [0.05, 0.1) is 9.52 Å². The maximum atomic E-state index is 11.7. The van der Waals surface area contributed by atoms with Crippen LogP contribution in [0.25, 0.3) is 0 Å². The van der Waals surface area contributed by atoms with Gasteiger partial charge in [0.25, 0.3) is 0 Å². The standard InChI is InChI=1S/C12H23NO2Si/c1-4-9-16-12(7-5-6-8-15-12)13-11(14)10(2)3/h2,4-9,16H2,1,3H3,(H,13,14). The molecule has 1 fully saturated rings. The highest BCUT2D eigenvalue weighted by atomic mass is 28.2. The van der Waals surface area contributed by atoms with Crippen LogP contribution in [-0.4, -0.2) is 27.4 Å². The summed E-state index contributed by atoms with van der Waals surface area (Å²) >= 11 is 0. The first-order valence-electron chi connectivity index (χ1n) is 6.21. The Morgan fingerprint density at radius 2 is 2.31 bits per heavy atom. The molecule has 1 amide bonds. The Morgan fingerprint density at radius 3 is 2.81 bits per heavy atom. The lowest BCUT2D eigenvalue weighted by molar-refractivity contribution is -0.126. The quantitative estimate of drug-likeness (QED) is 0.585. The third-order valence-electron chi connectivity index (χ3n) is 3.02. The molecular formula is C12H23NO2Si. The summed E-state index contributed by atoms with van der Waals surface area (Å²) in [5.74, 6) is -0.0505. The number of hydrogen-bond donors (Lipinski definition) is 1. The molecule has 1 aliphatic rings. The third-order valence-corrected chi connectivity index (χ3v) is 5.62. The summed E-state index contributed by atoms with van der Waals surface area (Å²) in [6.07, 6.45) is 4.44. The molecule has 0 aliphatic carbocycles. The predicted molar refractivity (Wildman–Crippen MR) is 69.1 cm³/mol. The Balaban J connectivity index is 2.61. The van der Waals surface area contributed by atoms with E-state index in [4.69, 9.17) is 4.74 Å². The lowest BCUT2D eigenvalue weighted by atomic mass is 10.1. The van der Waals surface area contributed by atoms with Crippen LogP contribution < -0.4 is 5.32 Å². The van der Waals surface area contributed by atoms with E-state index in [1.165, 1.54) is 12.5 Å². The third kappa shape index (κ3) is 3.76.